The highest BCUT2D eigenvalue weighted by molar-refractivity contribution is 7.90. The van der Waals surface area contributed by atoms with Crippen molar-refractivity contribution < 1.29 is 13.2 Å². The van der Waals surface area contributed by atoms with E-state index in [0.717, 1.165) is 6.26 Å². The third-order valence-corrected chi connectivity index (χ3v) is 4.81. The van der Waals surface area contributed by atoms with E-state index in [1.165, 1.54) is 19.2 Å². The number of aromatic nitrogens is 2. The number of fused-ring (bicyclic) bond motifs is 1. The van der Waals surface area contributed by atoms with Gasteiger partial charge in [-0.05, 0) is 31.2 Å². The van der Waals surface area contributed by atoms with E-state index in [1.54, 1.807) is 30.3 Å². The number of anilines is 1. The number of nitrogen functional groups attached to an aromatic ring is 1. The first kappa shape index (κ1) is 16.1. The zero-order chi connectivity index (χ0) is 17.5. The summed E-state index contributed by atoms with van der Waals surface area (Å²) in [4.78, 5) is 20.4. The molecular formula is C17H15N3O3S. The van der Waals surface area contributed by atoms with Gasteiger partial charge in [-0.25, -0.2) is 18.4 Å². The summed E-state index contributed by atoms with van der Waals surface area (Å²) in [6.07, 6.45) is 2.59. The molecule has 1 aromatic carbocycles. The monoisotopic (exact) mass is 341 g/mol. The summed E-state index contributed by atoms with van der Waals surface area (Å²) in [5.74, 6) is 0.0947. The van der Waals surface area contributed by atoms with Crippen LogP contribution in [-0.4, -0.2) is 30.4 Å². The van der Waals surface area contributed by atoms with Crippen molar-refractivity contribution >= 4 is 32.3 Å². The molecule has 2 heterocycles. The van der Waals surface area contributed by atoms with Crippen LogP contribution in [0.15, 0.2) is 47.5 Å². The van der Waals surface area contributed by atoms with Gasteiger partial charge in [0.25, 0.3) is 0 Å². The van der Waals surface area contributed by atoms with Crippen molar-refractivity contribution in [2.45, 2.75) is 11.8 Å². The third-order valence-electron chi connectivity index (χ3n) is 3.70. The molecule has 0 unspecified atom stereocenters. The van der Waals surface area contributed by atoms with Gasteiger partial charge in [0.15, 0.2) is 15.6 Å². The minimum absolute atomic E-state index is 0.124. The second kappa shape index (κ2) is 5.68. The molecule has 0 spiro atoms. The molecule has 0 amide bonds. The number of Topliss-reactive ketones (excluding diaryl/α,β-unsaturated/α-hetero) is 1. The summed E-state index contributed by atoms with van der Waals surface area (Å²) in [6.45, 7) is 1.45. The molecule has 0 aliphatic carbocycles. The minimum atomic E-state index is -3.31. The zero-order valence-corrected chi connectivity index (χ0v) is 14.0. The fourth-order valence-electron chi connectivity index (χ4n) is 2.46. The Morgan fingerprint density at radius 3 is 2.58 bits per heavy atom. The molecule has 0 aliphatic heterocycles. The Kier molecular flexibility index (Phi) is 3.81. The van der Waals surface area contributed by atoms with Gasteiger partial charge >= 0.3 is 0 Å². The highest BCUT2D eigenvalue weighted by Crippen LogP contribution is 2.27. The smallest absolute Gasteiger partial charge is 0.175 e. The first-order valence-electron chi connectivity index (χ1n) is 7.14. The summed E-state index contributed by atoms with van der Waals surface area (Å²) in [5, 5.41) is 0.623. The lowest BCUT2D eigenvalue weighted by Gasteiger charge is -2.08. The van der Waals surface area contributed by atoms with Crippen LogP contribution in [0.4, 0.5) is 5.82 Å². The molecule has 0 aliphatic rings. The van der Waals surface area contributed by atoms with Crippen LogP contribution < -0.4 is 5.73 Å². The maximum absolute atomic E-state index is 11.7. The zero-order valence-electron chi connectivity index (χ0n) is 13.1. The van der Waals surface area contributed by atoms with E-state index in [4.69, 9.17) is 5.73 Å². The van der Waals surface area contributed by atoms with Gasteiger partial charge in [-0.3, -0.25) is 4.79 Å². The largest absolute Gasteiger partial charge is 0.382 e. The Morgan fingerprint density at radius 2 is 1.92 bits per heavy atom. The fraction of sp³-hybridized carbons (Fsp3) is 0.118. The second-order valence-corrected chi connectivity index (χ2v) is 7.52. The topological polar surface area (TPSA) is 103 Å². The molecule has 3 aromatic rings. The Morgan fingerprint density at radius 1 is 1.17 bits per heavy atom. The predicted molar refractivity (Wildman–Crippen MR) is 92.5 cm³/mol. The van der Waals surface area contributed by atoms with E-state index < -0.39 is 9.84 Å². The first-order chi connectivity index (χ1) is 11.3. The van der Waals surface area contributed by atoms with Crippen molar-refractivity contribution in [2.75, 3.05) is 12.0 Å². The van der Waals surface area contributed by atoms with Crippen molar-refractivity contribution in [3.8, 4) is 11.3 Å². The van der Waals surface area contributed by atoms with Crippen LogP contribution in [0.25, 0.3) is 22.2 Å². The van der Waals surface area contributed by atoms with Crippen LogP contribution >= 0.6 is 0 Å². The number of nitrogens with zero attached hydrogens (tertiary/aromatic N) is 2. The van der Waals surface area contributed by atoms with Crippen molar-refractivity contribution in [1.82, 2.24) is 9.97 Å². The van der Waals surface area contributed by atoms with Crippen molar-refractivity contribution in [1.29, 1.82) is 0 Å². The lowest BCUT2D eigenvalue weighted by Crippen LogP contribution is -2.02. The molecule has 3 rings (SSSR count). The lowest BCUT2D eigenvalue weighted by molar-refractivity contribution is 0.101. The second-order valence-electron chi connectivity index (χ2n) is 5.51. The van der Waals surface area contributed by atoms with Crippen LogP contribution in [0.1, 0.15) is 17.3 Å². The van der Waals surface area contributed by atoms with E-state index in [9.17, 15) is 13.2 Å². The van der Waals surface area contributed by atoms with Crippen LogP contribution in [0.2, 0.25) is 0 Å². The molecule has 2 aromatic heterocycles. The molecule has 0 atom stereocenters. The highest BCUT2D eigenvalue weighted by Gasteiger charge is 2.13. The van der Waals surface area contributed by atoms with E-state index in [0.29, 0.717) is 27.7 Å². The maximum atomic E-state index is 11.7. The van der Waals surface area contributed by atoms with Crippen LogP contribution in [0, 0.1) is 0 Å². The standard InChI is InChI=1S/C17H15N3O3S/c1-10(21)14-9-19-17(18)16-13(14)6-7-15(20-16)11-4-3-5-12(8-11)24(2,22)23/h3-9H,1-2H3,(H2,18,19). The van der Waals surface area contributed by atoms with E-state index in [2.05, 4.69) is 9.97 Å². The Hall–Kier alpha value is -2.80. The van der Waals surface area contributed by atoms with Gasteiger partial charge < -0.3 is 5.73 Å². The van der Waals surface area contributed by atoms with Crippen LogP contribution in [0.3, 0.4) is 0 Å². The Bertz CT molecular complexity index is 1080. The molecule has 7 heteroatoms. The summed E-state index contributed by atoms with van der Waals surface area (Å²) in [6, 6.07) is 9.99. The number of nitrogens with two attached hydrogens (primary N) is 1. The Balaban J connectivity index is 2.23. The number of carbonyl (C=O) groups excluding carboxylic acids is 1. The molecule has 0 fully saturated rings. The number of rotatable bonds is 3. The van der Waals surface area contributed by atoms with E-state index in [-0.39, 0.29) is 16.5 Å². The fourth-order valence-corrected chi connectivity index (χ4v) is 3.13. The van der Waals surface area contributed by atoms with Gasteiger partial charge in [0.2, 0.25) is 0 Å². The molecule has 0 saturated carbocycles. The highest BCUT2D eigenvalue weighted by atomic mass is 32.2. The predicted octanol–water partition coefficient (Wildman–Crippen LogP) is 2.49. The van der Waals surface area contributed by atoms with Gasteiger partial charge in [0.05, 0.1) is 10.6 Å². The number of carbonyl (C=O) groups is 1. The van der Waals surface area contributed by atoms with Gasteiger partial charge in [0, 0.05) is 29.0 Å². The average molecular weight is 341 g/mol. The molecule has 122 valence electrons. The number of ketones is 1. The average Bonchev–Trinajstić information content (AvgIpc) is 2.54. The van der Waals surface area contributed by atoms with Gasteiger partial charge in [-0.15, -0.1) is 0 Å². The van der Waals surface area contributed by atoms with Gasteiger partial charge in [-0.1, -0.05) is 12.1 Å². The molecule has 0 saturated heterocycles. The first-order valence-corrected chi connectivity index (χ1v) is 9.03. The lowest BCUT2D eigenvalue weighted by atomic mass is 10.1. The quantitative estimate of drug-likeness (QED) is 0.734. The summed E-state index contributed by atoms with van der Waals surface area (Å²) in [5.41, 5.74) is 7.96. The van der Waals surface area contributed by atoms with E-state index >= 15 is 0 Å². The number of benzene rings is 1. The molecule has 6 nitrogen and oxygen atoms in total. The number of hydrogen-bond acceptors (Lipinski definition) is 6. The molecule has 0 radical (unpaired) electrons. The Labute approximate surface area is 139 Å². The summed E-state index contributed by atoms with van der Waals surface area (Å²) >= 11 is 0. The van der Waals surface area contributed by atoms with Crippen LogP contribution in [-0.2, 0) is 9.84 Å². The minimum Gasteiger partial charge on any atom is -0.382 e. The molecular weight excluding hydrogens is 326 g/mol. The normalized spacial score (nSPS) is 11.6. The van der Waals surface area contributed by atoms with E-state index in [1.807, 2.05) is 0 Å². The molecule has 0 bridgehead atoms. The van der Waals surface area contributed by atoms with Crippen LogP contribution in [0.5, 0.6) is 0 Å². The molecule has 24 heavy (non-hydrogen) atoms. The number of hydrogen-bond donors (Lipinski definition) is 1. The van der Waals surface area contributed by atoms with Crippen molar-refractivity contribution in [2.24, 2.45) is 0 Å². The van der Waals surface area contributed by atoms with Gasteiger partial charge in [0.1, 0.15) is 11.3 Å². The maximum Gasteiger partial charge on any atom is 0.175 e. The summed E-state index contributed by atoms with van der Waals surface area (Å²) in [7, 11) is -3.31. The molecule has 2 N–H and O–H groups in total. The van der Waals surface area contributed by atoms with Crippen molar-refractivity contribution in [3.05, 3.63) is 48.2 Å². The SMILES string of the molecule is CC(=O)c1cnc(N)c2nc(-c3cccc(S(C)(=O)=O)c3)ccc12. The van der Waals surface area contributed by atoms with Crippen molar-refractivity contribution in [3.63, 3.8) is 0 Å². The summed E-state index contributed by atoms with van der Waals surface area (Å²) < 4.78 is 23.4. The number of sulfone groups is 1. The number of pyridine rings is 2. The van der Waals surface area contributed by atoms with Gasteiger partial charge in [-0.2, -0.15) is 0 Å². The third kappa shape index (κ3) is 2.85.